The minimum atomic E-state index is -0.550. The van der Waals surface area contributed by atoms with E-state index in [0.29, 0.717) is 6.54 Å². The molecule has 21 heavy (non-hydrogen) atoms. The molecule has 4 rings (SSSR count). The summed E-state index contributed by atoms with van der Waals surface area (Å²) in [5.74, 6) is 0.406. The lowest BCUT2D eigenvalue weighted by atomic mass is 9.85. The number of Topliss-reactive ketones (excluding diaryl/α,β-unsaturated/α-hetero) is 1. The molecule has 3 aliphatic heterocycles. The highest BCUT2D eigenvalue weighted by atomic mass is 16.5. The van der Waals surface area contributed by atoms with Gasteiger partial charge in [0.2, 0.25) is 5.76 Å². The van der Waals surface area contributed by atoms with Crippen LogP contribution in [-0.2, 0) is 4.74 Å². The molecular formula is C15H21N2O4+. The summed E-state index contributed by atoms with van der Waals surface area (Å²) in [5, 5.41) is 3.63. The summed E-state index contributed by atoms with van der Waals surface area (Å²) in [6, 6.07) is 1.40. The summed E-state index contributed by atoms with van der Waals surface area (Å²) in [6.07, 6.45) is 3.66. The van der Waals surface area contributed by atoms with Crippen molar-refractivity contribution >= 4 is 11.8 Å². The molecule has 0 radical (unpaired) electrons. The van der Waals surface area contributed by atoms with Crippen LogP contribution in [0.2, 0.25) is 0 Å². The van der Waals surface area contributed by atoms with Gasteiger partial charge in [-0.05, 0) is 32.1 Å². The fraction of sp³-hybridized carbons (Fsp3) is 0.667. The van der Waals surface area contributed by atoms with Crippen LogP contribution in [0.15, 0.2) is 10.6 Å². The smallest absolute Gasteiger partial charge is 0.360 e. The Bertz CT molecular complexity index is 530. The number of rotatable bonds is 5. The van der Waals surface area contributed by atoms with Crippen molar-refractivity contribution in [1.29, 1.82) is 0 Å². The average Bonchev–Trinajstić information content (AvgIpc) is 2.99. The molecule has 0 atom stereocenters. The number of aromatic nitrogens is 1. The summed E-state index contributed by atoms with van der Waals surface area (Å²) in [6.45, 7) is 5.68. The number of piperidine rings is 3. The van der Waals surface area contributed by atoms with E-state index >= 15 is 0 Å². The van der Waals surface area contributed by atoms with Gasteiger partial charge in [-0.25, -0.2) is 4.79 Å². The maximum atomic E-state index is 12.4. The summed E-state index contributed by atoms with van der Waals surface area (Å²) >= 11 is 0. The molecule has 6 heteroatoms. The summed E-state index contributed by atoms with van der Waals surface area (Å²) in [7, 11) is 0. The van der Waals surface area contributed by atoms with E-state index in [4.69, 9.17) is 9.26 Å². The molecule has 4 heterocycles. The molecule has 0 aliphatic carbocycles. The monoisotopic (exact) mass is 293 g/mol. The predicted molar refractivity (Wildman–Crippen MR) is 73.9 cm³/mol. The molecular weight excluding hydrogens is 272 g/mol. The number of nitrogens with zero attached hydrogens (tertiary/aromatic N) is 2. The van der Waals surface area contributed by atoms with Crippen molar-refractivity contribution in [3.8, 4) is 0 Å². The standard InChI is InChI=1S/C15H21N2O4/c1-2-20-15(19)12-9-14(21-16-12)13(18)10-17-6-3-11(4-7-17)5-8-17/h9,11H,2-8,10H2,1H3/q+1. The van der Waals surface area contributed by atoms with E-state index in [-0.39, 0.29) is 23.8 Å². The van der Waals surface area contributed by atoms with E-state index in [1.54, 1.807) is 6.92 Å². The van der Waals surface area contributed by atoms with Gasteiger partial charge in [0.05, 0.1) is 26.2 Å². The molecule has 0 saturated carbocycles. The van der Waals surface area contributed by atoms with Crippen LogP contribution in [0.5, 0.6) is 0 Å². The number of carbonyl (C=O) groups excluding carboxylic acids is 2. The molecule has 0 N–H and O–H groups in total. The zero-order valence-electron chi connectivity index (χ0n) is 12.3. The van der Waals surface area contributed by atoms with Gasteiger partial charge in [0.15, 0.2) is 5.69 Å². The van der Waals surface area contributed by atoms with E-state index < -0.39 is 5.97 Å². The maximum absolute atomic E-state index is 12.4. The van der Waals surface area contributed by atoms with Gasteiger partial charge in [-0.1, -0.05) is 5.16 Å². The van der Waals surface area contributed by atoms with Gasteiger partial charge < -0.3 is 13.7 Å². The SMILES string of the molecule is CCOC(=O)c1cc(C(=O)C[N+]23CCC(CC2)CC3)on1. The molecule has 6 nitrogen and oxygen atoms in total. The van der Waals surface area contributed by atoms with Crippen molar-refractivity contribution < 1.29 is 23.3 Å². The third kappa shape index (κ3) is 2.85. The zero-order valence-corrected chi connectivity index (χ0v) is 12.3. The van der Waals surface area contributed by atoms with Gasteiger partial charge in [-0.2, -0.15) is 0 Å². The second-order valence-electron chi connectivity index (χ2n) is 6.12. The second-order valence-corrected chi connectivity index (χ2v) is 6.12. The molecule has 1 aromatic rings. The highest BCUT2D eigenvalue weighted by Gasteiger charge is 2.41. The Kier molecular flexibility index (Phi) is 3.80. The quantitative estimate of drug-likeness (QED) is 0.469. The van der Waals surface area contributed by atoms with Crippen molar-refractivity contribution in [2.24, 2.45) is 5.92 Å². The van der Waals surface area contributed by atoms with Crippen molar-refractivity contribution in [2.75, 3.05) is 32.8 Å². The van der Waals surface area contributed by atoms with Gasteiger partial charge in [0.1, 0.15) is 6.54 Å². The fourth-order valence-electron chi connectivity index (χ4n) is 3.47. The van der Waals surface area contributed by atoms with Gasteiger partial charge in [0, 0.05) is 6.07 Å². The molecule has 3 aliphatic rings. The van der Waals surface area contributed by atoms with Crippen LogP contribution in [0.1, 0.15) is 47.2 Å². The Morgan fingerprint density at radius 1 is 1.33 bits per heavy atom. The van der Waals surface area contributed by atoms with Crippen LogP contribution in [0, 0.1) is 5.92 Å². The minimum Gasteiger partial charge on any atom is -0.461 e. The van der Waals surface area contributed by atoms with Gasteiger partial charge in [-0.3, -0.25) is 4.79 Å². The average molecular weight is 293 g/mol. The molecule has 3 fully saturated rings. The Morgan fingerprint density at radius 3 is 2.62 bits per heavy atom. The molecule has 0 aromatic carbocycles. The molecule has 0 spiro atoms. The fourth-order valence-corrected chi connectivity index (χ4v) is 3.47. The lowest BCUT2D eigenvalue weighted by molar-refractivity contribution is -0.935. The number of fused-ring (bicyclic) bond motifs is 3. The molecule has 2 bridgehead atoms. The van der Waals surface area contributed by atoms with Crippen LogP contribution < -0.4 is 0 Å². The van der Waals surface area contributed by atoms with Gasteiger partial charge in [0.25, 0.3) is 5.78 Å². The summed E-state index contributed by atoms with van der Waals surface area (Å²) < 4.78 is 10.7. The van der Waals surface area contributed by atoms with Crippen LogP contribution >= 0.6 is 0 Å². The summed E-state index contributed by atoms with van der Waals surface area (Å²) in [4.78, 5) is 23.9. The highest BCUT2D eigenvalue weighted by Crippen LogP contribution is 2.33. The first-order valence-electron chi connectivity index (χ1n) is 7.64. The molecule has 3 saturated heterocycles. The summed E-state index contributed by atoms with van der Waals surface area (Å²) in [5.41, 5.74) is 0.0672. The lowest BCUT2D eigenvalue weighted by Crippen LogP contribution is -2.60. The minimum absolute atomic E-state index is 0.0672. The van der Waals surface area contributed by atoms with Crippen molar-refractivity contribution in [1.82, 2.24) is 5.16 Å². The Labute approximate surface area is 123 Å². The molecule has 0 amide bonds. The lowest BCUT2D eigenvalue weighted by Gasteiger charge is -2.48. The van der Waals surface area contributed by atoms with Crippen LogP contribution in [-0.4, -0.2) is 54.2 Å². The van der Waals surface area contributed by atoms with E-state index in [9.17, 15) is 9.59 Å². The first kappa shape index (κ1) is 14.3. The molecule has 0 unspecified atom stereocenters. The van der Waals surface area contributed by atoms with E-state index in [0.717, 1.165) is 30.0 Å². The van der Waals surface area contributed by atoms with E-state index in [1.165, 1.54) is 25.3 Å². The predicted octanol–water partition coefficient (Wildman–Crippen LogP) is 1.66. The Morgan fingerprint density at radius 2 is 2.00 bits per heavy atom. The Balaban J connectivity index is 1.67. The Hall–Kier alpha value is -1.69. The van der Waals surface area contributed by atoms with Crippen LogP contribution in [0.3, 0.4) is 0 Å². The first-order valence-corrected chi connectivity index (χ1v) is 7.64. The van der Waals surface area contributed by atoms with Crippen LogP contribution in [0.25, 0.3) is 0 Å². The second kappa shape index (κ2) is 5.60. The number of hydrogen-bond acceptors (Lipinski definition) is 5. The number of carbonyl (C=O) groups is 2. The topological polar surface area (TPSA) is 69.4 Å². The van der Waals surface area contributed by atoms with Crippen LogP contribution in [0.4, 0.5) is 0 Å². The number of hydrogen-bond donors (Lipinski definition) is 0. The first-order chi connectivity index (χ1) is 10.1. The normalized spacial score (nSPS) is 27.6. The van der Waals surface area contributed by atoms with Crippen molar-refractivity contribution in [3.05, 3.63) is 17.5 Å². The molecule has 1 aromatic heterocycles. The largest absolute Gasteiger partial charge is 0.461 e. The van der Waals surface area contributed by atoms with Crippen molar-refractivity contribution in [2.45, 2.75) is 26.2 Å². The number of ether oxygens (including phenoxy) is 1. The number of esters is 1. The zero-order chi connectivity index (χ0) is 14.9. The maximum Gasteiger partial charge on any atom is 0.360 e. The number of ketones is 1. The van der Waals surface area contributed by atoms with Crippen molar-refractivity contribution in [3.63, 3.8) is 0 Å². The highest BCUT2D eigenvalue weighted by molar-refractivity contribution is 5.97. The molecule has 114 valence electrons. The van der Waals surface area contributed by atoms with E-state index in [2.05, 4.69) is 5.16 Å². The number of quaternary nitrogens is 1. The van der Waals surface area contributed by atoms with Gasteiger partial charge >= 0.3 is 5.97 Å². The van der Waals surface area contributed by atoms with E-state index in [1.807, 2.05) is 0 Å². The third-order valence-electron chi connectivity index (χ3n) is 4.78. The third-order valence-corrected chi connectivity index (χ3v) is 4.78. The van der Waals surface area contributed by atoms with Gasteiger partial charge in [-0.15, -0.1) is 0 Å².